The van der Waals surface area contributed by atoms with E-state index < -0.39 is 11.9 Å². The van der Waals surface area contributed by atoms with Crippen molar-refractivity contribution in [1.82, 2.24) is 10.2 Å². The topological polar surface area (TPSA) is 115 Å². The lowest BCUT2D eigenvalue weighted by atomic mass is 10.2. The zero-order valence-electron chi connectivity index (χ0n) is 14.3. The molecule has 9 heteroatoms. The SMILES string of the molecule is CCOC(=O)COc1ccccc1/C=C(\Sc1nnc(CC)o1)C(=O)[O-]. The maximum Gasteiger partial charge on any atom is 0.344 e. The number of para-hydroxylation sites is 1. The number of esters is 1. The number of aromatic nitrogens is 2. The first-order valence-electron chi connectivity index (χ1n) is 7.84. The van der Waals surface area contributed by atoms with Crippen LogP contribution < -0.4 is 9.84 Å². The molecule has 1 aromatic carbocycles. The summed E-state index contributed by atoms with van der Waals surface area (Å²) < 4.78 is 15.5. The molecule has 0 bridgehead atoms. The second kappa shape index (κ2) is 9.62. The normalized spacial score (nSPS) is 11.2. The number of carboxylic acid groups (broad SMARTS) is 1. The minimum absolute atomic E-state index is 0.0993. The van der Waals surface area contributed by atoms with Gasteiger partial charge in [-0.1, -0.05) is 25.1 Å². The molecule has 0 aliphatic rings. The Morgan fingerprint density at radius 2 is 2.04 bits per heavy atom. The summed E-state index contributed by atoms with van der Waals surface area (Å²) in [7, 11) is 0. The van der Waals surface area contributed by atoms with Crippen LogP contribution in [-0.4, -0.2) is 35.3 Å². The van der Waals surface area contributed by atoms with Gasteiger partial charge in [0, 0.05) is 16.9 Å². The van der Waals surface area contributed by atoms with Crippen LogP contribution in [0, 0.1) is 0 Å². The highest BCUT2D eigenvalue weighted by Crippen LogP contribution is 2.29. The summed E-state index contributed by atoms with van der Waals surface area (Å²) in [5.41, 5.74) is 0.457. The molecule has 1 heterocycles. The first-order chi connectivity index (χ1) is 12.5. The zero-order valence-corrected chi connectivity index (χ0v) is 15.1. The van der Waals surface area contributed by atoms with Crippen molar-refractivity contribution < 1.29 is 28.6 Å². The van der Waals surface area contributed by atoms with Crippen molar-refractivity contribution in [3.8, 4) is 5.75 Å². The van der Waals surface area contributed by atoms with E-state index in [1.165, 1.54) is 6.08 Å². The molecule has 0 aliphatic heterocycles. The first kappa shape index (κ1) is 19.5. The van der Waals surface area contributed by atoms with Crippen LogP contribution in [0.3, 0.4) is 0 Å². The van der Waals surface area contributed by atoms with Crippen LogP contribution in [0.4, 0.5) is 0 Å². The van der Waals surface area contributed by atoms with Gasteiger partial charge in [-0.05, 0) is 30.8 Å². The van der Waals surface area contributed by atoms with E-state index in [9.17, 15) is 14.7 Å². The van der Waals surface area contributed by atoms with Crippen molar-refractivity contribution in [1.29, 1.82) is 0 Å². The van der Waals surface area contributed by atoms with E-state index in [-0.39, 0.29) is 23.3 Å². The highest BCUT2D eigenvalue weighted by atomic mass is 32.2. The molecule has 0 radical (unpaired) electrons. The van der Waals surface area contributed by atoms with Crippen molar-refractivity contribution in [2.75, 3.05) is 13.2 Å². The van der Waals surface area contributed by atoms with E-state index in [4.69, 9.17) is 13.9 Å². The number of rotatable bonds is 9. The highest BCUT2D eigenvalue weighted by molar-refractivity contribution is 8.03. The zero-order chi connectivity index (χ0) is 18.9. The molecule has 138 valence electrons. The lowest BCUT2D eigenvalue weighted by Crippen LogP contribution is -2.23. The summed E-state index contributed by atoms with van der Waals surface area (Å²) in [4.78, 5) is 22.7. The van der Waals surface area contributed by atoms with Crippen LogP contribution in [0.15, 0.2) is 38.8 Å². The summed E-state index contributed by atoms with van der Waals surface area (Å²) >= 11 is 0.781. The number of nitrogens with zero attached hydrogens (tertiary/aromatic N) is 2. The second-order valence-electron chi connectivity index (χ2n) is 4.84. The third-order valence-electron chi connectivity index (χ3n) is 3.01. The first-order valence-corrected chi connectivity index (χ1v) is 8.65. The number of hydrogen-bond donors (Lipinski definition) is 0. The van der Waals surface area contributed by atoms with Gasteiger partial charge >= 0.3 is 5.97 Å². The fourth-order valence-corrected chi connectivity index (χ4v) is 2.54. The second-order valence-corrected chi connectivity index (χ2v) is 5.84. The Kier molecular flexibility index (Phi) is 7.22. The molecule has 26 heavy (non-hydrogen) atoms. The largest absolute Gasteiger partial charge is 0.544 e. The third-order valence-corrected chi connectivity index (χ3v) is 3.85. The molecule has 0 N–H and O–H groups in total. The van der Waals surface area contributed by atoms with Gasteiger partial charge in [-0.15, -0.1) is 10.2 Å². The molecular weight excluding hydrogens is 360 g/mol. The fourth-order valence-electron chi connectivity index (χ4n) is 1.86. The molecule has 0 spiro atoms. The Labute approximate surface area is 154 Å². The molecular formula is C17H17N2O6S-. The predicted octanol–water partition coefficient (Wildman–Crippen LogP) is 1.46. The molecule has 0 unspecified atom stereocenters. The van der Waals surface area contributed by atoms with Crippen LogP contribution in [0.2, 0.25) is 0 Å². The summed E-state index contributed by atoms with van der Waals surface area (Å²) in [5, 5.41) is 19.1. The number of benzene rings is 1. The molecule has 0 atom stereocenters. The Morgan fingerprint density at radius 3 is 2.69 bits per heavy atom. The maximum absolute atomic E-state index is 11.4. The molecule has 0 saturated heterocycles. The van der Waals surface area contributed by atoms with Crippen LogP contribution in [0.25, 0.3) is 6.08 Å². The Morgan fingerprint density at radius 1 is 1.27 bits per heavy atom. The molecule has 2 rings (SSSR count). The lowest BCUT2D eigenvalue weighted by molar-refractivity contribution is -0.298. The van der Waals surface area contributed by atoms with Crippen molar-refractivity contribution >= 4 is 29.8 Å². The minimum atomic E-state index is -1.40. The molecule has 0 aliphatic carbocycles. The molecule has 0 saturated carbocycles. The average molecular weight is 377 g/mol. The van der Waals surface area contributed by atoms with E-state index in [1.54, 1.807) is 31.2 Å². The van der Waals surface area contributed by atoms with Crippen molar-refractivity contribution in [3.63, 3.8) is 0 Å². The van der Waals surface area contributed by atoms with Crippen molar-refractivity contribution in [2.24, 2.45) is 0 Å². The van der Waals surface area contributed by atoms with Gasteiger partial charge in [0.15, 0.2) is 6.61 Å². The smallest absolute Gasteiger partial charge is 0.344 e. The third kappa shape index (κ3) is 5.62. The number of carbonyl (C=O) groups is 2. The summed E-state index contributed by atoms with van der Waals surface area (Å²) in [5.74, 6) is -1.17. The quantitative estimate of drug-likeness (QED) is 0.364. The Hall–Kier alpha value is -2.81. The minimum Gasteiger partial charge on any atom is -0.544 e. The Balaban J connectivity index is 2.20. The van der Waals surface area contributed by atoms with E-state index in [0.717, 1.165) is 11.8 Å². The van der Waals surface area contributed by atoms with Gasteiger partial charge < -0.3 is 23.8 Å². The van der Waals surface area contributed by atoms with E-state index in [0.29, 0.717) is 23.6 Å². The van der Waals surface area contributed by atoms with Crippen LogP contribution >= 0.6 is 11.8 Å². The van der Waals surface area contributed by atoms with Crippen LogP contribution in [-0.2, 0) is 20.7 Å². The molecule has 0 fully saturated rings. The van der Waals surface area contributed by atoms with E-state index >= 15 is 0 Å². The maximum atomic E-state index is 11.4. The molecule has 8 nitrogen and oxygen atoms in total. The number of aliphatic carboxylic acids is 1. The summed E-state index contributed by atoms with van der Waals surface area (Å²) in [6.07, 6.45) is 1.90. The van der Waals surface area contributed by atoms with Gasteiger partial charge in [0.05, 0.1) is 12.6 Å². The average Bonchev–Trinajstić information content (AvgIpc) is 3.08. The highest BCUT2D eigenvalue weighted by Gasteiger charge is 2.12. The standard InChI is InChI=1S/C17H18N2O6S/c1-3-14-18-19-17(25-14)26-13(16(21)22)9-11-7-5-6-8-12(11)24-10-15(20)23-4-2/h5-9H,3-4,10H2,1-2H3,(H,21,22)/p-1/b13-9-. The number of carbonyl (C=O) groups excluding carboxylic acids is 2. The van der Waals surface area contributed by atoms with E-state index in [1.807, 2.05) is 6.92 Å². The van der Waals surface area contributed by atoms with Gasteiger partial charge in [0.25, 0.3) is 5.22 Å². The predicted molar refractivity (Wildman–Crippen MR) is 91.1 cm³/mol. The number of ether oxygens (including phenoxy) is 2. The van der Waals surface area contributed by atoms with Gasteiger partial charge in [-0.25, -0.2) is 4.79 Å². The number of thioether (sulfide) groups is 1. The van der Waals surface area contributed by atoms with Crippen LogP contribution in [0.1, 0.15) is 25.3 Å². The van der Waals surface area contributed by atoms with E-state index in [2.05, 4.69) is 10.2 Å². The lowest BCUT2D eigenvalue weighted by Gasteiger charge is -2.10. The number of hydrogen-bond acceptors (Lipinski definition) is 9. The van der Waals surface area contributed by atoms with Gasteiger partial charge in [0.1, 0.15) is 5.75 Å². The van der Waals surface area contributed by atoms with Crippen molar-refractivity contribution in [3.05, 3.63) is 40.6 Å². The monoisotopic (exact) mass is 377 g/mol. The van der Waals surface area contributed by atoms with Gasteiger partial charge in [-0.2, -0.15) is 0 Å². The van der Waals surface area contributed by atoms with Gasteiger partial charge in [-0.3, -0.25) is 0 Å². The Bertz CT molecular complexity index is 802. The summed E-state index contributed by atoms with van der Waals surface area (Å²) in [6, 6.07) is 6.68. The van der Waals surface area contributed by atoms with Crippen molar-refractivity contribution in [2.45, 2.75) is 25.5 Å². The fraction of sp³-hybridized carbons (Fsp3) is 0.294. The molecule has 0 amide bonds. The number of aryl methyl sites for hydroxylation is 1. The molecule has 2 aromatic rings. The van der Waals surface area contributed by atoms with Crippen LogP contribution in [0.5, 0.6) is 5.75 Å². The number of carboxylic acids is 1. The van der Waals surface area contributed by atoms with Gasteiger partial charge in [0.2, 0.25) is 5.89 Å². The molecule has 1 aromatic heterocycles. The summed E-state index contributed by atoms with van der Waals surface area (Å²) in [6.45, 7) is 3.50.